The van der Waals surface area contributed by atoms with Crippen molar-refractivity contribution in [3.05, 3.63) is 24.0 Å². The Kier molecular flexibility index (Phi) is 3.45. The van der Waals surface area contributed by atoms with Gasteiger partial charge in [0.2, 0.25) is 5.95 Å². The lowest BCUT2D eigenvalue weighted by molar-refractivity contribution is 0.111. The van der Waals surface area contributed by atoms with E-state index in [1.807, 2.05) is 12.3 Å². The number of aromatic nitrogens is 4. The van der Waals surface area contributed by atoms with E-state index in [1.54, 1.807) is 0 Å². The largest absolute Gasteiger partial charge is 0.396 e. The summed E-state index contributed by atoms with van der Waals surface area (Å²) < 4.78 is 0. The zero-order chi connectivity index (χ0) is 16.9. The third-order valence-electron chi connectivity index (χ3n) is 6.11. The van der Waals surface area contributed by atoms with Crippen LogP contribution in [0.3, 0.4) is 0 Å². The monoisotopic (exact) mass is 340 g/mol. The van der Waals surface area contributed by atoms with Gasteiger partial charge in [0.15, 0.2) is 5.82 Å². The van der Waals surface area contributed by atoms with Crippen LogP contribution in [0.2, 0.25) is 0 Å². The Morgan fingerprint density at radius 1 is 1.28 bits per heavy atom. The molecule has 0 aromatic carbocycles. The van der Waals surface area contributed by atoms with E-state index in [0.29, 0.717) is 18.6 Å². The quantitative estimate of drug-likeness (QED) is 0.775. The van der Waals surface area contributed by atoms with Crippen LogP contribution in [0, 0.1) is 5.41 Å². The number of hydrogen-bond acceptors (Lipinski definition) is 6. The van der Waals surface area contributed by atoms with Crippen molar-refractivity contribution >= 4 is 17.6 Å². The van der Waals surface area contributed by atoms with Gasteiger partial charge in [-0.3, -0.25) is 5.10 Å². The van der Waals surface area contributed by atoms with Crippen LogP contribution >= 0.6 is 0 Å². The van der Waals surface area contributed by atoms with Gasteiger partial charge in [0, 0.05) is 43.1 Å². The Morgan fingerprint density at radius 2 is 2.20 bits per heavy atom. The Bertz CT molecular complexity index is 772. The first-order valence-electron chi connectivity index (χ1n) is 9.28. The molecule has 3 fully saturated rings. The third kappa shape index (κ3) is 2.76. The molecule has 2 aromatic heterocycles. The summed E-state index contributed by atoms with van der Waals surface area (Å²) in [5, 5.41) is 20.4. The van der Waals surface area contributed by atoms with Gasteiger partial charge in [-0.2, -0.15) is 10.1 Å². The van der Waals surface area contributed by atoms with Gasteiger partial charge < -0.3 is 15.3 Å². The van der Waals surface area contributed by atoms with Crippen LogP contribution in [0.25, 0.3) is 0 Å². The second kappa shape index (κ2) is 5.69. The molecule has 25 heavy (non-hydrogen) atoms. The minimum Gasteiger partial charge on any atom is -0.396 e. The maximum atomic E-state index is 9.71. The third-order valence-corrected chi connectivity index (χ3v) is 6.11. The van der Waals surface area contributed by atoms with E-state index >= 15 is 0 Å². The molecule has 5 rings (SSSR count). The molecule has 2 aliphatic carbocycles. The number of nitrogens with one attached hydrogen (secondary N) is 2. The fraction of sp³-hybridized carbons (Fsp3) is 0.611. The Hall–Kier alpha value is -2.15. The summed E-state index contributed by atoms with van der Waals surface area (Å²) in [5.74, 6) is 3.02. The highest BCUT2D eigenvalue weighted by molar-refractivity contribution is 5.54. The van der Waals surface area contributed by atoms with Crippen LogP contribution in [0.15, 0.2) is 18.3 Å². The maximum Gasteiger partial charge on any atom is 0.227 e. The second-order valence-corrected chi connectivity index (χ2v) is 7.85. The fourth-order valence-corrected chi connectivity index (χ4v) is 4.39. The first-order chi connectivity index (χ1) is 12.2. The van der Waals surface area contributed by atoms with Crippen LogP contribution in [-0.4, -0.2) is 44.5 Å². The highest BCUT2D eigenvalue weighted by atomic mass is 16.3. The number of piperidine rings is 1. The van der Waals surface area contributed by atoms with Crippen molar-refractivity contribution < 1.29 is 5.11 Å². The molecule has 7 heteroatoms. The number of aliphatic hydroxyl groups excluding tert-OH is 1. The van der Waals surface area contributed by atoms with E-state index in [2.05, 4.69) is 31.5 Å². The summed E-state index contributed by atoms with van der Waals surface area (Å²) in [5.41, 5.74) is 1.35. The van der Waals surface area contributed by atoms with Gasteiger partial charge in [-0.15, -0.1) is 0 Å². The molecular weight excluding hydrogens is 316 g/mol. The van der Waals surface area contributed by atoms with E-state index < -0.39 is 0 Å². The topological polar surface area (TPSA) is 90.0 Å². The lowest BCUT2D eigenvalue weighted by Crippen LogP contribution is -2.43. The van der Waals surface area contributed by atoms with Crippen LogP contribution in [0.4, 0.5) is 17.6 Å². The normalized spacial score (nSPS) is 28.4. The average Bonchev–Trinajstić information content (AvgIpc) is 3.31. The van der Waals surface area contributed by atoms with Crippen molar-refractivity contribution in [2.75, 3.05) is 23.4 Å². The molecule has 3 aliphatic rings. The molecule has 3 heterocycles. The predicted molar refractivity (Wildman–Crippen MR) is 95.0 cm³/mol. The molecule has 2 saturated carbocycles. The lowest BCUT2D eigenvalue weighted by atomic mass is 9.81. The Morgan fingerprint density at radius 3 is 3.04 bits per heavy atom. The summed E-state index contributed by atoms with van der Waals surface area (Å²) in [4.78, 5) is 11.5. The first-order valence-corrected chi connectivity index (χ1v) is 9.28. The number of hydrogen-bond donors (Lipinski definition) is 3. The minimum absolute atomic E-state index is 0.144. The van der Waals surface area contributed by atoms with Crippen LogP contribution in [0.1, 0.15) is 50.1 Å². The number of anilines is 3. The molecule has 0 radical (unpaired) electrons. The van der Waals surface area contributed by atoms with Crippen molar-refractivity contribution in [2.24, 2.45) is 5.41 Å². The molecular formula is C18H24N6O. The molecule has 2 unspecified atom stereocenters. The SMILES string of the molecule is OCC12CCC(C1)N(c1nccc(Nc3cc(C4CC4)[nH]n3)n1)CC2. The Labute approximate surface area is 146 Å². The average molecular weight is 340 g/mol. The first kappa shape index (κ1) is 15.1. The number of rotatable bonds is 5. The highest BCUT2D eigenvalue weighted by Crippen LogP contribution is 2.47. The van der Waals surface area contributed by atoms with Crippen molar-refractivity contribution in [2.45, 2.75) is 50.5 Å². The fourth-order valence-electron chi connectivity index (χ4n) is 4.39. The van der Waals surface area contributed by atoms with Gasteiger partial charge in [0.25, 0.3) is 0 Å². The zero-order valence-corrected chi connectivity index (χ0v) is 14.3. The van der Waals surface area contributed by atoms with E-state index in [1.165, 1.54) is 18.5 Å². The molecule has 7 nitrogen and oxygen atoms in total. The molecule has 3 N–H and O–H groups in total. The molecule has 132 valence electrons. The van der Waals surface area contributed by atoms with Gasteiger partial charge in [0.1, 0.15) is 5.82 Å². The van der Waals surface area contributed by atoms with Crippen molar-refractivity contribution in [1.82, 2.24) is 20.2 Å². The second-order valence-electron chi connectivity index (χ2n) is 7.85. The smallest absolute Gasteiger partial charge is 0.227 e. The van der Waals surface area contributed by atoms with E-state index in [9.17, 15) is 5.11 Å². The molecule has 2 aromatic rings. The number of aromatic amines is 1. The van der Waals surface area contributed by atoms with Crippen molar-refractivity contribution in [3.63, 3.8) is 0 Å². The van der Waals surface area contributed by atoms with Crippen molar-refractivity contribution in [1.29, 1.82) is 0 Å². The lowest BCUT2D eigenvalue weighted by Gasteiger charge is -2.38. The summed E-state index contributed by atoms with van der Waals surface area (Å²) in [6.45, 7) is 1.23. The summed E-state index contributed by atoms with van der Waals surface area (Å²) >= 11 is 0. The van der Waals surface area contributed by atoms with Gasteiger partial charge in [0.05, 0.1) is 0 Å². The molecule has 0 amide bonds. The zero-order valence-electron chi connectivity index (χ0n) is 14.3. The van der Waals surface area contributed by atoms with Crippen LogP contribution in [0.5, 0.6) is 0 Å². The predicted octanol–water partition coefficient (Wildman–Crippen LogP) is 2.56. The molecule has 2 atom stereocenters. The standard InChI is InChI=1S/C18H24N6O/c25-11-18-5-3-13(10-18)24(8-6-18)17-19-7-4-15(21-17)20-16-9-14(22-23-16)12-1-2-12/h4,7,9,12-13,25H,1-3,5-6,8,10-11H2,(H2,19,20,21,22,23). The van der Waals surface area contributed by atoms with Gasteiger partial charge >= 0.3 is 0 Å². The molecule has 1 aliphatic heterocycles. The van der Waals surface area contributed by atoms with E-state index in [-0.39, 0.29) is 5.41 Å². The van der Waals surface area contributed by atoms with Crippen LogP contribution in [-0.2, 0) is 0 Å². The van der Waals surface area contributed by atoms with Crippen molar-refractivity contribution in [3.8, 4) is 0 Å². The van der Waals surface area contributed by atoms with Gasteiger partial charge in [-0.05, 0) is 50.0 Å². The van der Waals surface area contributed by atoms with Crippen LogP contribution < -0.4 is 10.2 Å². The highest BCUT2D eigenvalue weighted by Gasteiger charge is 2.45. The number of nitrogens with zero attached hydrogens (tertiary/aromatic N) is 4. The van der Waals surface area contributed by atoms with Gasteiger partial charge in [-0.1, -0.05) is 0 Å². The molecule has 1 saturated heterocycles. The summed E-state index contributed by atoms with van der Waals surface area (Å²) in [7, 11) is 0. The number of aliphatic hydroxyl groups is 1. The Balaban J connectivity index is 1.32. The summed E-state index contributed by atoms with van der Waals surface area (Å²) in [6.07, 6.45) is 8.61. The maximum absolute atomic E-state index is 9.71. The molecule has 2 bridgehead atoms. The number of H-pyrrole nitrogens is 1. The summed E-state index contributed by atoms with van der Waals surface area (Å²) in [6, 6.07) is 4.40. The van der Waals surface area contributed by atoms with Gasteiger partial charge in [-0.25, -0.2) is 4.98 Å². The van der Waals surface area contributed by atoms with E-state index in [0.717, 1.165) is 49.8 Å². The number of fused-ring (bicyclic) bond motifs is 2. The molecule has 0 spiro atoms. The minimum atomic E-state index is 0.144. The van der Waals surface area contributed by atoms with E-state index in [4.69, 9.17) is 4.98 Å².